The van der Waals surface area contributed by atoms with Crippen LogP contribution >= 0.6 is 0 Å². The number of pyridine rings is 1. The SMILES string of the molecule is Cc1ccc(CCNC(=O)N2CCCC[C@@H]2c2cn[nH]c2)cn1. The van der Waals surface area contributed by atoms with Gasteiger partial charge in [0, 0.05) is 36.7 Å². The van der Waals surface area contributed by atoms with Crippen LogP contribution in [0.25, 0.3) is 0 Å². The third-order valence-corrected chi connectivity index (χ3v) is 4.33. The van der Waals surface area contributed by atoms with Gasteiger partial charge in [-0.2, -0.15) is 5.10 Å². The van der Waals surface area contributed by atoms with Crippen LogP contribution in [0.1, 0.15) is 42.1 Å². The fraction of sp³-hybridized carbons (Fsp3) is 0.471. The van der Waals surface area contributed by atoms with Crippen LogP contribution in [0.4, 0.5) is 4.79 Å². The normalized spacial score (nSPS) is 18.0. The lowest BCUT2D eigenvalue weighted by molar-refractivity contribution is 0.151. The molecule has 0 aliphatic carbocycles. The van der Waals surface area contributed by atoms with Crippen LogP contribution < -0.4 is 5.32 Å². The van der Waals surface area contributed by atoms with Gasteiger partial charge in [0.1, 0.15) is 0 Å². The molecule has 6 nitrogen and oxygen atoms in total. The third kappa shape index (κ3) is 3.88. The summed E-state index contributed by atoms with van der Waals surface area (Å²) in [6, 6.07) is 4.19. The molecule has 1 aliphatic rings. The van der Waals surface area contributed by atoms with Crippen LogP contribution in [0.2, 0.25) is 0 Å². The summed E-state index contributed by atoms with van der Waals surface area (Å²) >= 11 is 0. The zero-order valence-electron chi connectivity index (χ0n) is 13.5. The number of aromatic amines is 1. The number of hydrogen-bond donors (Lipinski definition) is 2. The first kappa shape index (κ1) is 15.5. The Hall–Kier alpha value is -2.37. The number of nitrogens with one attached hydrogen (secondary N) is 2. The number of piperidine rings is 1. The molecule has 0 spiro atoms. The molecule has 0 radical (unpaired) electrons. The molecule has 122 valence electrons. The summed E-state index contributed by atoms with van der Waals surface area (Å²) in [4.78, 5) is 18.7. The minimum Gasteiger partial charge on any atom is -0.338 e. The Morgan fingerprint density at radius 1 is 1.39 bits per heavy atom. The molecule has 1 aliphatic heterocycles. The van der Waals surface area contributed by atoms with Crippen LogP contribution in [0.15, 0.2) is 30.7 Å². The number of amides is 2. The summed E-state index contributed by atoms with van der Waals surface area (Å²) in [5, 5.41) is 9.89. The minimum atomic E-state index is 0.0102. The molecule has 0 aromatic carbocycles. The number of urea groups is 1. The molecule has 2 amide bonds. The molecular formula is C17H23N5O. The molecule has 0 saturated carbocycles. The number of carbonyl (C=O) groups excluding carboxylic acids is 1. The van der Waals surface area contributed by atoms with Gasteiger partial charge in [-0.05, 0) is 44.2 Å². The molecule has 1 fully saturated rings. The van der Waals surface area contributed by atoms with Gasteiger partial charge in [-0.15, -0.1) is 0 Å². The molecule has 1 saturated heterocycles. The van der Waals surface area contributed by atoms with Gasteiger partial charge in [-0.25, -0.2) is 4.79 Å². The highest BCUT2D eigenvalue weighted by atomic mass is 16.2. The number of carbonyl (C=O) groups is 1. The summed E-state index contributed by atoms with van der Waals surface area (Å²) in [6.07, 6.45) is 9.57. The van der Waals surface area contributed by atoms with E-state index in [9.17, 15) is 4.79 Å². The highest BCUT2D eigenvalue weighted by Crippen LogP contribution is 2.30. The largest absolute Gasteiger partial charge is 0.338 e. The molecule has 3 heterocycles. The van der Waals surface area contributed by atoms with E-state index in [1.54, 1.807) is 0 Å². The van der Waals surface area contributed by atoms with E-state index in [2.05, 4.69) is 26.6 Å². The number of aromatic nitrogens is 3. The Morgan fingerprint density at radius 2 is 2.30 bits per heavy atom. The lowest BCUT2D eigenvalue weighted by Crippen LogP contribution is -2.45. The van der Waals surface area contributed by atoms with Gasteiger partial charge in [-0.1, -0.05) is 6.07 Å². The van der Waals surface area contributed by atoms with E-state index in [0.717, 1.165) is 49.0 Å². The second-order valence-electron chi connectivity index (χ2n) is 6.03. The summed E-state index contributed by atoms with van der Waals surface area (Å²) in [5.41, 5.74) is 3.23. The van der Waals surface area contributed by atoms with Crippen molar-refractivity contribution in [3.8, 4) is 0 Å². The quantitative estimate of drug-likeness (QED) is 0.911. The molecule has 3 rings (SSSR count). The maximum absolute atomic E-state index is 12.5. The smallest absolute Gasteiger partial charge is 0.317 e. The molecule has 0 bridgehead atoms. The molecule has 2 aromatic heterocycles. The maximum Gasteiger partial charge on any atom is 0.317 e. The van der Waals surface area contributed by atoms with Crippen molar-refractivity contribution >= 4 is 6.03 Å². The zero-order chi connectivity index (χ0) is 16.1. The van der Waals surface area contributed by atoms with E-state index in [1.807, 2.05) is 36.5 Å². The van der Waals surface area contributed by atoms with Gasteiger partial charge in [0.15, 0.2) is 0 Å². The van der Waals surface area contributed by atoms with E-state index >= 15 is 0 Å². The topological polar surface area (TPSA) is 73.9 Å². The number of aryl methyl sites for hydroxylation is 1. The van der Waals surface area contributed by atoms with Gasteiger partial charge in [0.2, 0.25) is 0 Å². The fourth-order valence-electron chi connectivity index (χ4n) is 3.03. The summed E-state index contributed by atoms with van der Waals surface area (Å²) < 4.78 is 0. The second-order valence-corrected chi connectivity index (χ2v) is 6.03. The van der Waals surface area contributed by atoms with Crippen LogP contribution in [0.5, 0.6) is 0 Å². The highest BCUT2D eigenvalue weighted by Gasteiger charge is 2.28. The number of hydrogen-bond acceptors (Lipinski definition) is 3. The molecule has 2 N–H and O–H groups in total. The first-order valence-corrected chi connectivity index (χ1v) is 8.19. The Morgan fingerprint density at radius 3 is 3.04 bits per heavy atom. The Balaban J connectivity index is 1.55. The van der Waals surface area contributed by atoms with Crippen LogP contribution in [0.3, 0.4) is 0 Å². The molecule has 1 atom stereocenters. The predicted octanol–water partition coefficient (Wildman–Crippen LogP) is 2.59. The number of H-pyrrole nitrogens is 1. The number of rotatable bonds is 4. The van der Waals surface area contributed by atoms with Gasteiger partial charge < -0.3 is 10.2 Å². The van der Waals surface area contributed by atoms with Crippen molar-refractivity contribution in [3.63, 3.8) is 0 Å². The van der Waals surface area contributed by atoms with Crippen LogP contribution in [0, 0.1) is 6.92 Å². The van der Waals surface area contributed by atoms with Crippen molar-refractivity contribution in [2.75, 3.05) is 13.1 Å². The minimum absolute atomic E-state index is 0.0102. The highest BCUT2D eigenvalue weighted by molar-refractivity contribution is 5.74. The van der Waals surface area contributed by atoms with E-state index < -0.39 is 0 Å². The Kier molecular flexibility index (Phi) is 4.90. The van der Waals surface area contributed by atoms with Crippen molar-refractivity contribution in [3.05, 3.63) is 47.5 Å². The molecule has 0 unspecified atom stereocenters. The van der Waals surface area contributed by atoms with Crippen molar-refractivity contribution < 1.29 is 4.79 Å². The second kappa shape index (κ2) is 7.26. The monoisotopic (exact) mass is 313 g/mol. The first-order chi connectivity index (χ1) is 11.2. The number of likely N-dealkylation sites (tertiary alicyclic amines) is 1. The Bertz CT molecular complexity index is 623. The van der Waals surface area contributed by atoms with Gasteiger partial charge in [-0.3, -0.25) is 10.1 Å². The molecule has 2 aromatic rings. The number of nitrogens with zero attached hydrogens (tertiary/aromatic N) is 3. The molecular weight excluding hydrogens is 290 g/mol. The predicted molar refractivity (Wildman–Crippen MR) is 88.0 cm³/mol. The third-order valence-electron chi connectivity index (χ3n) is 4.33. The van der Waals surface area contributed by atoms with Crippen LogP contribution in [-0.4, -0.2) is 39.2 Å². The van der Waals surface area contributed by atoms with E-state index in [0.29, 0.717) is 6.54 Å². The summed E-state index contributed by atoms with van der Waals surface area (Å²) in [5.74, 6) is 0. The van der Waals surface area contributed by atoms with Crippen molar-refractivity contribution in [2.45, 2.75) is 38.6 Å². The first-order valence-electron chi connectivity index (χ1n) is 8.19. The van der Waals surface area contributed by atoms with Crippen LogP contribution in [-0.2, 0) is 6.42 Å². The van der Waals surface area contributed by atoms with E-state index in [1.165, 1.54) is 0 Å². The maximum atomic E-state index is 12.5. The lowest BCUT2D eigenvalue weighted by Gasteiger charge is -2.35. The fourth-order valence-corrected chi connectivity index (χ4v) is 3.03. The average Bonchev–Trinajstić information content (AvgIpc) is 3.11. The lowest BCUT2D eigenvalue weighted by atomic mass is 9.98. The van der Waals surface area contributed by atoms with Gasteiger partial charge >= 0.3 is 6.03 Å². The summed E-state index contributed by atoms with van der Waals surface area (Å²) in [7, 11) is 0. The summed E-state index contributed by atoms with van der Waals surface area (Å²) in [6.45, 7) is 3.39. The molecule has 23 heavy (non-hydrogen) atoms. The van der Waals surface area contributed by atoms with Crippen molar-refractivity contribution in [1.29, 1.82) is 0 Å². The van der Waals surface area contributed by atoms with Crippen molar-refractivity contribution in [2.24, 2.45) is 0 Å². The standard InChI is InChI=1S/C17H23N5O/c1-13-5-6-14(10-19-13)7-8-18-17(23)22-9-3-2-4-16(22)15-11-20-21-12-15/h5-6,10-12,16H,2-4,7-9H2,1H3,(H,18,23)(H,20,21)/t16-/m1/s1. The Labute approximate surface area is 136 Å². The average molecular weight is 313 g/mol. The van der Waals surface area contributed by atoms with E-state index in [-0.39, 0.29) is 12.1 Å². The van der Waals surface area contributed by atoms with Gasteiger partial charge in [0.25, 0.3) is 0 Å². The van der Waals surface area contributed by atoms with E-state index in [4.69, 9.17) is 0 Å². The zero-order valence-corrected chi connectivity index (χ0v) is 13.5. The molecule has 6 heteroatoms. The van der Waals surface area contributed by atoms with Crippen molar-refractivity contribution in [1.82, 2.24) is 25.4 Å². The van der Waals surface area contributed by atoms with Gasteiger partial charge in [0.05, 0.1) is 12.2 Å².